The van der Waals surface area contributed by atoms with E-state index in [-0.39, 0.29) is 6.04 Å². The fourth-order valence-corrected chi connectivity index (χ4v) is 1.46. The van der Waals surface area contributed by atoms with Crippen molar-refractivity contribution in [2.75, 3.05) is 27.2 Å². The Labute approximate surface area is 95.8 Å². The predicted octanol–water partition coefficient (Wildman–Crippen LogP) is 1.61. The van der Waals surface area contributed by atoms with Crippen LogP contribution >= 0.6 is 11.6 Å². The second-order valence-corrected chi connectivity index (χ2v) is 4.23. The van der Waals surface area contributed by atoms with Gasteiger partial charge in [0.05, 0.1) is 6.04 Å². The van der Waals surface area contributed by atoms with Gasteiger partial charge < -0.3 is 15.4 Å². The number of hydrogen-bond acceptors (Lipinski definition) is 3. The number of halogens is 1. The molecule has 1 aromatic carbocycles. The van der Waals surface area contributed by atoms with Crippen LogP contribution in [0.5, 0.6) is 5.75 Å². The first kappa shape index (κ1) is 12.3. The Hall–Kier alpha value is -0.770. The number of ether oxygens (including phenoxy) is 1. The lowest BCUT2D eigenvalue weighted by Gasteiger charge is -2.17. The highest BCUT2D eigenvalue weighted by Gasteiger charge is 2.04. The summed E-state index contributed by atoms with van der Waals surface area (Å²) in [6.07, 6.45) is 0. The van der Waals surface area contributed by atoms with E-state index < -0.39 is 0 Å². The van der Waals surface area contributed by atoms with Gasteiger partial charge in [0.2, 0.25) is 0 Å². The predicted molar refractivity (Wildman–Crippen MR) is 63.5 cm³/mol. The minimum absolute atomic E-state index is 0.0129. The van der Waals surface area contributed by atoms with Crippen molar-refractivity contribution >= 4 is 11.6 Å². The monoisotopic (exact) mass is 228 g/mol. The van der Waals surface area contributed by atoms with Gasteiger partial charge in [0.15, 0.2) is 0 Å². The quantitative estimate of drug-likeness (QED) is 0.832. The molecular formula is C11H17ClN2O. The summed E-state index contributed by atoms with van der Waals surface area (Å²) in [5.74, 6) is 0.761. The third-order valence-corrected chi connectivity index (χ3v) is 2.09. The molecule has 2 N–H and O–H groups in total. The van der Waals surface area contributed by atoms with Gasteiger partial charge in [-0.15, -0.1) is 0 Å². The Morgan fingerprint density at radius 2 is 2.20 bits per heavy atom. The highest BCUT2D eigenvalue weighted by atomic mass is 35.5. The molecule has 0 spiro atoms. The van der Waals surface area contributed by atoms with Crippen LogP contribution < -0.4 is 10.5 Å². The Kier molecular flexibility index (Phi) is 4.88. The molecule has 0 bridgehead atoms. The summed E-state index contributed by atoms with van der Waals surface area (Å²) in [6.45, 7) is 1.30. The van der Waals surface area contributed by atoms with E-state index in [9.17, 15) is 0 Å². The summed E-state index contributed by atoms with van der Waals surface area (Å²) in [5, 5.41) is 0.675. The molecule has 0 heterocycles. The SMILES string of the molecule is CN(C)CC(N)COc1cccc(Cl)c1. The third kappa shape index (κ3) is 5.02. The van der Waals surface area contributed by atoms with E-state index in [0.29, 0.717) is 11.6 Å². The first-order valence-corrected chi connectivity index (χ1v) is 5.24. The van der Waals surface area contributed by atoms with Gasteiger partial charge in [-0.3, -0.25) is 0 Å². The van der Waals surface area contributed by atoms with Crippen LogP contribution in [-0.4, -0.2) is 38.2 Å². The second kappa shape index (κ2) is 5.95. The van der Waals surface area contributed by atoms with Crippen LogP contribution in [0.25, 0.3) is 0 Å². The summed E-state index contributed by atoms with van der Waals surface area (Å²) < 4.78 is 5.51. The van der Waals surface area contributed by atoms with E-state index in [2.05, 4.69) is 0 Å². The first-order chi connectivity index (χ1) is 7.08. The minimum Gasteiger partial charge on any atom is -0.492 e. The molecule has 0 aliphatic rings. The molecule has 3 nitrogen and oxygen atoms in total. The highest BCUT2D eigenvalue weighted by Crippen LogP contribution is 2.16. The minimum atomic E-state index is 0.0129. The molecule has 15 heavy (non-hydrogen) atoms. The van der Waals surface area contributed by atoms with Crippen LogP contribution in [-0.2, 0) is 0 Å². The molecule has 0 saturated carbocycles. The van der Waals surface area contributed by atoms with Crippen molar-refractivity contribution in [2.45, 2.75) is 6.04 Å². The summed E-state index contributed by atoms with van der Waals surface area (Å²) in [7, 11) is 3.97. The van der Waals surface area contributed by atoms with Crippen LogP contribution in [0.2, 0.25) is 5.02 Å². The van der Waals surface area contributed by atoms with Gasteiger partial charge in [0.1, 0.15) is 12.4 Å². The number of benzene rings is 1. The van der Waals surface area contributed by atoms with Gasteiger partial charge in [0.25, 0.3) is 0 Å². The molecular weight excluding hydrogens is 212 g/mol. The van der Waals surface area contributed by atoms with E-state index in [1.54, 1.807) is 6.07 Å². The number of likely N-dealkylation sites (N-methyl/N-ethyl adjacent to an activating group) is 1. The topological polar surface area (TPSA) is 38.5 Å². The van der Waals surface area contributed by atoms with Crippen molar-refractivity contribution < 1.29 is 4.74 Å². The number of nitrogens with two attached hydrogens (primary N) is 1. The summed E-state index contributed by atoms with van der Waals surface area (Å²) in [5.41, 5.74) is 5.86. The molecule has 1 unspecified atom stereocenters. The summed E-state index contributed by atoms with van der Waals surface area (Å²) in [6, 6.07) is 7.33. The Morgan fingerprint density at radius 3 is 2.80 bits per heavy atom. The van der Waals surface area contributed by atoms with Crippen molar-refractivity contribution in [3.8, 4) is 5.75 Å². The van der Waals surface area contributed by atoms with Gasteiger partial charge in [-0.2, -0.15) is 0 Å². The lowest BCUT2D eigenvalue weighted by molar-refractivity contribution is 0.254. The Morgan fingerprint density at radius 1 is 1.47 bits per heavy atom. The zero-order valence-corrected chi connectivity index (χ0v) is 9.87. The maximum absolute atomic E-state index is 5.86. The highest BCUT2D eigenvalue weighted by molar-refractivity contribution is 6.30. The Bertz CT molecular complexity index is 304. The van der Waals surface area contributed by atoms with Crippen molar-refractivity contribution in [3.05, 3.63) is 29.3 Å². The average Bonchev–Trinajstić information content (AvgIpc) is 2.14. The molecule has 1 atom stereocenters. The average molecular weight is 229 g/mol. The third-order valence-electron chi connectivity index (χ3n) is 1.86. The van der Waals surface area contributed by atoms with Gasteiger partial charge in [-0.25, -0.2) is 0 Å². The molecule has 1 aromatic rings. The largest absolute Gasteiger partial charge is 0.492 e. The number of rotatable bonds is 5. The summed E-state index contributed by atoms with van der Waals surface area (Å²) >= 11 is 5.83. The van der Waals surface area contributed by atoms with E-state index in [1.165, 1.54) is 0 Å². The maximum Gasteiger partial charge on any atom is 0.120 e. The van der Waals surface area contributed by atoms with Crippen LogP contribution in [0.4, 0.5) is 0 Å². The maximum atomic E-state index is 5.86. The van der Waals surface area contributed by atoms with Gasteiger partial charge in [-0.1, -0.05) is 17.7 Å². The fourth-order valence-electron chi connectivity index (χ4n) is 1.28. The van der Waals surface area contributed by atoms with Crippen molar-refractivity contribution in [3.63, 3.8) is 0 Å². The lowest BCUT2D eigenvalue weighted by atomic mass is 10.3. The zero-order valence-electron chi connectivity index (χ0n) is 9.11. The van der Waals surface area contributed by atoms with E-state index in [1.807, 2.05) is 37.2 Å². The molecule has 0 aliphatic carbocycles. The number of hydrogen-bond donors (Lipinski definition) is 1. The van der Waals surface area contributed by atoms with E-state index in [0.717, 1.165) is 12.3 Å². The summed E-state index contributed by atoms with van der Waals surface area (Å²) in [4.78, 5) is 2.03. The van der Waals surface area contributed by atoms with Crippen LogP contribution in [0.1, 0.15) is 0 Å². The van der Waals surface area contributed by atoms with E-state index >= 15 is 0 Å². The molecule has 0 fully saturated rings. The second-order valence-electron chi connectivity index (χ2n) is 3.79. The first-order valence-electron chi connectivity index (χ1n) is 4.86. The molecule has 1 rings (SSSR count). The van der Waals surface area contributed by atoms with Crippen molar-refractivity contribution in [1.29, 1.82) is 0 Å². The fraction of sp³-hybridized carbons (Fsp3) is 0.455. The molecule has 84 valence electrons. The molecule has 0 amide bonds. The Balaban J connectivity index is 2.36. The van der Waals surface area contributed by atoms with Crippen molar-refractivity contribution in [2.24, 2.45) is 5.73 Å². The lowest BCUT2D eigenvalue weighted by Crippen LogP contribution is -2.37. The van der Waals surface area contributed by atoms with Crippen LogP contribution in [0, 0.1) is 0 Å². The van der Waals surface area contributed by atoms with Crippen LogP contribution in [0.3, 0.4) is 0 Å². The smallest absolute Gasteiger partial charge is 0.120 e. The van der Waals surface area contributed by atoms with Crippen molar-refractivity contribution in [1.82, 2.24) is 4.90 Å². The molecule has 0 aromatic heterocycles. The number of nitrogens with zero attached hydrogens (tertiary/aromatic N) is 1. The zero-order chi connectivity index (χ0) is 11.3. The molecule has 0 saturated heterocycles. The van der Waals surface area contributed by atoms with Crippen LogP contribution in [0.15, 0.2) is 24.3 Å². The van der Waals surface area contributed by atoms with Gasteiger partial charge in [0, 0.05) is 11.6 Å². The molecule has 0 radical (unpaired) electrons. The van der Waals surface area contributed by atoms with Gasteiger partial charge in [-0.05, 0) is 32.3 Å². The normalized spacial score (nSPS) is 12.9. The molecule has 0 aliphatic heterocycles. The molecule has 4 heteroatoms. The standard InChI is InChI=1S/C11H17ClN2O/c1-14(2)7-10(13)8-15-11-5-3-4-9(12)6-11/h3-6,10H,7-8,13H2,1-2H3. The van der Waals surface area contributed by atoms with E-state index in [4.69, 9.17) is 22.1 Å². The van der Waals surface area contributed by atoms with Gasteiger partial charge >= 0.3 is 0 Å².